The minimum Gasteiger partial charge on any atom is -0.476 e. The van der Waals surface area contributed by atoms with Crippen LogP contribution in [-0.2, 0) is 20.8 Å². The second-order valence-electron chi connectivity index (χ2n) is 11.8. The summed E-state index contributed by atoms with van der Waals surface area (Å²) in [5.74, 6) is -0.768. The summed E-state index contributed by atoms with van der Waals surface area (Å²) in [4.78, 5) is 19.9. The standard InChI is InChI=1S/C43H35N3O3S/c47-41(48)40(44-49-43(36-25-13-4-14-26-36,37-27-15-5-16-28-37)38-29-17-6-18-30-38)39-31-50-32-46(39)45-42(33-19-7-1-8-20-33,34-21-9-2-10-22-34)35-23-11-3-12-24-35/h1-31,45H,32H2,(H,47,48)/b44-40-. The number of nitrogens with zero attached hydrogens (tertiary/aromatic N) is 2. The van der Waals surface area contributed by atoms with E-state index in [1.165, 1.54) is 11.8 Å². The van der Waals surface area contributed by atoms with Crippen molar-refractivity contribution in [3.63, 3.8) is 0 Å². The molecule has 246 valence electrons. The number of hydrazine groups is 1. The van der Waals surface area contributed by atoms with Crippen molar-refractivity contribution < 1.29 is 14.7 Å². The van der Waals surface area contributed by atoms with Gasteiger partial charge in [0.05, 0.1) is 11.6 Å². The van der Waals surface area contributed by atoms with Gasteiger partial charge >= 0.3 is 5.97 Å². The number of carboxylic acid groups (broad SMARTS) is 1. The zero-order chi connectivity index (χ0) is 34.2. The van der Waals surface area contributed by atoms with Crippen LogP contribution in [0, 0.1) is 0 Å². The molecule has 0 unspecified atom stereocenters. The number of nitrogens with one attached hydrogen (secondary N) is 1. The predicted molar refractivity (Wildman–Crippen MR) is 200 cm³/mol. The molecule has 0 radical (unpaired) electrons. The highest BCUT2D eigenvalue weighted by Gasteiger charge is 2.42. The van der Waals surface area contributed by atoms with Gasteiger partial charge in [0, 0.05) is 22.1 Å². The Balaban J connectivity index is 1.36. The van der Waals surface area contributed by atoms with Crippen LogP contribution in [0.15, 0.2) is 198 Å². The molecule has 0 saturated heterocycles. The van der Waals surface area contributed by atoms with Gasteiger partial charge in [-0.15, -0.1) is 11.8 Å². The molecule has 0 aromatic heterocycles. The fourth-order valence-corrected chi connectivity index (χ4v) is 7.37. The molecule has 0 atom stereocenters. The second kappa shape index (κ2) is 14.7. The van der Waals surface area contributed by atoms with Crippen LogP contribution in [0.3, 0.4) is 0 Å². The molecule has 0 fully saturated rings. The van der Waals surface area contributed by atoms with Gasteiger partial charge in [0.25, 0.3) is 0 Å². The summed E-state index contributed by atoms with van der Waals surface area (Å²) in [6, 6.07) is 59.9. The molecule has 7 rings (SSSR count). The van der Waals surface area contributed by atoms with Crippen molar-refractivity contribution in [2.24, 2.45) is 5.16 Å². The van der Waals surface area contributed by atoms with E-state index in [2.05, 4.69) is 47.0 Å². The zero-order valence-electron chi connectivity index (χ0n) is 27.2. The number of hydrogen-bond donors (Lipinski definition) is 2. The van der Waals surface area contributed by atoms with Crippen LogP contribution in [0.1, 0.15) is 33.4 Å². The van der Waals surface area contributed by atoms with Gasteiger partial charge < -0.3 is 9.94 Å². The maximum atomic E-state index is 13.2. The van der Waals surface area contributed by atoms with E-state index < -0.39 is 17.1 Å². The average Bonchev–Trinajstić information content (AvgIpc) is 3.65. The van der Waals surface area contributed by atoms with E-state index in [1.54, 1.807) is 0 Å². The van der Waals surface area contributed by atoms with Crippen molar-refractivity contribution in [3.8, 4) is 0 Å². The Morgan fingerprint density at radius 2 is 0.920 bits per heavy atom. The first kappa shape index (κ1) is 32.6. The molecule has 1 aliphatic heterocycles. The fraction of sp³-hybridized carbons (Fsp3) is 0.0698. The third kappa shape index (κ3) is 6.20. The van der Waals surface area contributed by atoms with Gasteiger partial charge in [-0.05, 0) is 16.7 Å². The molecular formula is C43H35N3O3S. The summed E-state index contributed by atoms with van der Waals surface area (Å²) >= 11 is 1.49. The summed E-state index contributed by atoms with van der Waals surface area (Å²) in [6.45, 7) is 0. The highest BCUT2D eigenvalue weighted by molar-refractivity contribution is 8.02. The summed E-state index contributed by atoms with van der Waals surface area (Å²) in [5.41, 5.74) is 7.27. The molecule has 1 heterocycles. The average molecular weight is 674 g/mol. The molecule has 50 heavy (non-hydrogen) atoms. The van der Waals surface area contributed by atoms with Crippen molar-refractivity contribution in [2.75, 3.05) is 5.88 Å². The SMILES string of the molecule is O=C(O)/C(=N\OC(c1ccccc1)(c1ccccc1)c1ccccc1)C1=CSCN1NC(c1ccccc1)(c1ccccc1)c1ccccc1. The van der Waals surface area contributed by atoms with Gasteiger partial charge in [-0.2, -0.15) is 0 Å². The molecule has 6 aromatic carbocycles. The maximum absolute atomic E-state index is 13.2. The van der Waals surface area contributed by atoms with Gasteiger partial charge in [0.15, 0.2) is 0 Å². The van der Waals surface area contributed by atoms with E-state index >= 15 is 0 Å². The van der Waals surface area contributed by atoms with Crippen molar-refractivity contribution in [2.45, 2.75) is 11.1 Å². The Hall–Kier alpha value is -5.89. The van der Waals surface area contributed by atoms with E-state index in [0.29, 0.717) is 11.6 Å². The van der Waals surface area contributed by atoms with Crippen LogP contribution in [0.2, 0.25) is 0 Å². The molecule has 2 N–H and O–H groups in total. The van der Waals surface area contributed by atoms with Crippen LogP contribution in [0.5, 0.6) is 0 Å². The molecule has 0 aliphatic carbocycles. The smallest absolute Gasteiger partial charge is 0.360 e. The molecule has 0 bridgehead atoms. The van der Waals surface area contributed by atoms with Crippen LogP contribution < -0.4 is 5.43 Å². The Labute approximate surface area is 296 Å². The quantitative estimate of drug-likeness (QED) is 0.0769. The highest BCUT2D eigenvalue weighted by Crippen LogP contribution is 2.42. The Kier molecular flexibility index (Phi) is 9.60. The second-order valence-corrected chi connectivity index (χ2v) is 12.6. The van der Waals surface area contributed by atoms with Crippen molar-refractivity contribution in [1.29, 1.82) is 0 Å². The van der Waals surface area contributed by atoms with Crippen LogP contribution in [0.4, 0.5) is 0 Å². The molecule has 1 aliphatic rings. The first-order valence-corrected chi connectivity index (χ1v) is 17.4. The highest BCUT2D eigenvalue weighted by atomic mass is 32.2. The van der Waals surface area contributed by atoms with E-state index in [0.717, 1.165) is 33.4 Å². The van der Waals surface area contributed by atoms with Gasteiger partial charge in [0.1, 0.15) is 5.54 Å². The molecule has 6 aromatic rings. The molecular weight excluding hydrogens is 639 g/mol. The predicted octanol–water partition coefficient (Wildman–Crippen LogP) is 8.78. The van der Waals surface area contributed by atoms with E-state index in [-0.39, 0.29) is 5.71 Å². The number of oxime groups is 1. The van der Waals surface area contributed by atoms with Gasteiger partial charge in [-0.25, -0.2) is 10.2 Å². The summed E-state index contributed by atoms with van der Waals surface area (Å²) < 4.78 is 0. The Morgan fingerprint density at radius 1 is 0.580 bits per heavy atom. The van der Waals surface area contributed by atoms with Crippen LogP contribution >= 0.6 is 11.8 Å². The van der Waals surface area contributed by atoms with Crippen LogP contribution in [0.25, 0.3) is 0 Å². The van der Waals surface area contributed by atoms with Crippen molar-refractivity contribution in [1.82, 2.24) is 10.4 Å². The van der Waals surface area contributed by atoms with Gasteiger partial charge in [-0.1, -0.05) is 187 Å². The molecule has 0 spiro atoms. The molecule has 0 saturated carbocycles. The third-order valence-electron chi connectivity index (χ3n) is 8.87. The normalized spacial score (nSPS) is 13.5. The van der Waals surface area contributed by atoms with Gasteiger partial charge in [-0.3, -0.25) is 5.01 Å². The third-order valence-corrected chi connectivity index (χ3v) is 9.67. The maximum Gasteiger partial charge on any atom is 0.360 e. The first-order valence-electron chi connectivity index (χ1n) is 16.3. The van der Waals surface area contributed by atoms with Gasteiger partial charge in [0.2, 0.25) is 11.3 Å². The minimum absolute atomic E-state index is 0.224. The number of carbonyl (C=O) groups is 1. The Morgan fingerprint density at radius 3 is 1.26 bits per heavy atom. The summed E-state index contributed by atoms with van der Waals surface area (Å²) in [6.07, 6.45) is 0. The number of thioether (sulfide) groups is 1. The Bertz CT molecular complexity index is 1880. The first-order chi connectivity index (χ1) is 24.6. The number of benzene rings is 6. The van der Waals surface area contributed by atoms with Crippen molar-refractivity contribution >= 4 is 23.4 Å². The summed E-state index contributed by atoms with van der Waals surface area (Å²) in [7, 11) is 0. The number of hydrogen-bond acceptors (Lipinski definition) is 6. The minimum atomic E-state index is -1.24. The largest absolute Gasteiger partial charge is 0.476 e. The van der Waals surface area contributed by atoms with Crippen LogP contribution in [-0.4, -0.2) is 27.7 Å². The molecule has 6 nitrogen and oxygen atoms in total. The lowest BCUT2D eigenvalue weighted by Gasteiger charge is -2.41. The van der Waals surface area contributed by atoms with E-state index in [4.69, 9.17) is 4.84 Å². The number of rotatable bonds is 12. The van der Waals surface area contributed by atoms with E-state index in [9.17, 15) is 9.90 Å². The zero-order valence-corrected chi connectivity index (χ0v) is 28.0. The monoisotopic (exact) mass is 673 g/mol. The fourth-order valence-electron chi connectivity index (χ4n) is 6.55. The van der Waals surface area contributed by atoms with Crippen molar-refractivity contribution in [3.05, 3.63) is 226 Å². The van der Waals surface area contributed by atoms with E-state index in [1.807, 2.05) is 156 Å². The lowest BCUT2D eigenvalue weighted by atomic mass is 9.77. The number of carboxylic acids is 1. The molecule has 0 amide bonds. The lowest BCUT2D eigenvalue weighted by molar-refractivity contribution is -0.129. The number of aliphatic carboxylic acids is 1. The lowest BCUT2D eigenvalue weighted by Crippen LogP contribution is -2.53. The summed E-state index contributed by atoms with van der Waals surface area (Å²) in [5, 5.41) is 19.0. The topological polar surface area (TPSA) is 74.2 Å². The molecule has 7 heteroatoms.